The van der Waals surface area contributed by atoms with Crippen molar-refractivity contribution in [3.8, 4) is 22.5 Å². The van der Waals surface area contributed by atoms with Crippen molar-refractivity contribution in [2.45, 2.75) is 39.3 Å². The normalized spacial score (nSPS) is 11.1. The van der Waals surface area contributed by atoms with Crippen molar-refractivity contribution in [1.29, 1.82) is 0 Å². The number of carboxylic acids is 1. The molecule has 9 heteroatoms. The predicted molar refractivity (Wildman–Crippen MR) is 144 cm³/mol. The van der Waals surface area contributed by atoms with Crippen molar-refractivity contribution >= 4 is 5.97 Å². The van der Waals surface area contributed by atoms with E-state index in [1.165, 1.54) is 4.57 Å². The van der Waals surface area contributed by atoms with Crippen LogP contribution in [-0.4, -0.2) is 40.8 Å². The number of aryl methyl sites for hydroxylation is 1. The third-order valence-corrected chi connectivity index (χ3v) is 6.61. The Balaban J connectivity index is 1.46. The highest BCUT2D eigenvalue weighted by molar-refractivity contribution is 5.87. The number of benzene rings is 3. The number of hydrogen-bond acceptors (Lipinski definition) is 5. The zero-order valence-corrected chi connectivity index (χ0v) is 21.0. The Morgan fingerprint density at radius 1 is 0.868 bits per heavy atom. The Bertz CT molecular complexity index is 1590. The molecule has 2 heterocycles. The summed E-state index contributed by atoms with van der Waals surface area (Å²) in [5, 5.41) is 24.4. The number of aromatic amines is 1. The Morgan fingerprint density at radius 3 is 2.24 bits per heavy atom. The summed E-state index contributed by atoms with van der Waals surface area (Å²) in [6.07, 6.45) is 1.81. The standard InChI is InChI=1S/C29H28N6O3/c1-2-8-25-26(28(36)37)34(18-17-20-9-4-3-5-10-20)29(38)35(25)19-21-13-15-22(16-14-21)23-11-6-7-12-24(23)27-30-32-33-31-27/h3-7,9-16H,2,8,17-19H2,1H3,(H,36,37)(H,30,31,32,33). The van der Waals surface area contributed by atoms with E-state index < -0.39 is 5.97 Å². The van der Waals surface area contributed by atoms with Crippen molar-refractivity contribution in [2.75, 3.05) is 0 Å². The Morgan fingerprint density at radius 2 is 1.58 bits per heavy atom. The van der Waals surface area contributed by atoms with E-state index in [1.807, 2.05) is 85.8 Å². The van der Waals surface area contributed by atoms with Crippen LogP contribution in [0.3, 0.4) is 0 Å². The number of nitrogens with one attached hydrogen (secondary N) is 1. The molecule has 0 fully saturated rings. The minimum absolute atomic E-state index is 0.0819. The number of aromatic nitrogens is 6. The maximum Gasteiger partial charge on any atom is 0.354 e. The van der Waals surface area contributed by atoms with Crippen LogP contribution in [-0.2, 0) is 25.9 Å². The number of rotatable bonds is 10. The number of aromatic carboxylic acids is 1. The summed E-state index contributed by atoms with van der Waals surface area (Å²) in [5.74, 6) is -0.565. The van der Waals surface area contributed by atoms with Gasteiger partial charge in [0, 0.05) is 12.1 Å². The molecule has 0 radical (unpaired) electrons. The van der Waals surface area contributed by atoms with Gasteiger partial charge >= 0.3 is 11.7 Å². The fourth-order valence-corrected chi connectivity index (χ4v) is 4.80. The molecule has 0 spiro atoms. The van der Waals surface area contributed by atoms with Crippen LogP contribution in [0.5, 0.6) is 0 Å². The van der Waals surface area contributed by atoms with Gasteiger partial charge in [0.05, 0.1) is 12.2 Å². The van der Waals surface area contributed by atoms with Gasteiger partial charge in [0.15, 0.2) is 5.69 Å². The second kappa shape index (κ2) is 11.1. The molecule has 0 amide bonds. The Hall–Kier alpha value is -4.79. The lowest BCUT2D eigenvalue weighted by atomic mass is 9.98. The first kappa shape index (κ1) is 24.9. The van der Waals surface area contributed by atoms with Crippen molar-refractivity contribution in [3.05, 3.63) is 112 Å². The number of tetrazole rings is 1. The highest BCUT2D eigenvalue weighted by atomic mass is 16.4. The first-order valence-electron chi connectivity index (χ1n) is 12.6. The molecule has 0 atom stereocenters. The largest absolute Gasteiger partial charge is 0.477 e. The van der Waals surface area contributed by atoms with Crippen LogP contribution in [0.15, 0.2) is 83.7 Å². The highest BCUT2D eigenvalue weighted by Gasteiger charge is 2.24. The van der Waals surface area contributed by atoms with E-state index in [0.717, 1.165) is 34.2 Å². The Labute approximate surface area is 219 Å². The molecular formula is C29H28N6O3. The molecule has 9 nitrogen and oxygen atoms in total. The summed E-state index contributed by atoms with van der Waals surface area (Å²) >= 11 is 0. The predicted octanol–water partition coefficient (Wildman–Crippen LogP) is 4.44. The average Bonchev–Trinajstić information content (AvgIpc) is 3.56. The van der Waals surface area contributed by atoms with E-state index in [0.29, 0.717) is 37.4 Å². The molecule has 0 bridgehead atoms. The second-order valence-corrected chi connectivity index (χ2v) is 9.08. The fourth-order valence-electron chi connectivity index (χ4n) is 4.80. The third-order valence-electron chi connectivity index (χ3n) is 6.61. The molecule has 5 rings (SSSR count). The lowest BCUT2D eigenvalue weighted by Gasteiger charge is -2.10. The number of carbonyl (C=O) groups is 1. The van der Waals surface area contributed by atoms with Crippen molar-refractivity contribution in [2.24, 2.45) is 0 Å². The quantitative estimate of drug-likeness (QED) is 0.288. The van der Waals surface area contributed by atoms with Gasteiger partial charge < -0.3 is 5.11 Å². The number of hydrogen-bond donors (Lipinski definition) is 2. The van der Waals surface area contributed by atoms with E-state index in [9.17, 15) is 14.7 Å². The second-order valence-electron chi connectivity index (χ2n) is 9.08. The van der Waals surface area contributed by atoms with Gasteiger partial charge in [0.2, 0.25) is 5.82 Å². The molecule has 0 saturated carbocycles. The van der Waals surface area contributed by atoms with Gasteiger partial charge in [-0.15, -0.1) is 10.2 Å². The molecule has 3 aromatic carbocycles. The monoisotopic (exact) mass is 508 g/mol. The van der Waals surface area contributed by atoms with Gasteiger partial charge in [0.25, 0.3) is 0 Å². The summed E-state index contributed by atoms with van der Waals surface area (Å²) in [5.41, 5.74) is 5.10. The third kappa shape index (κ3) is 5.04. The minimum Gasteiger partial charge on any atom is -0.477 e. The molecule has 0 aliphatic heterocycles. The van der Waals surface area contributed by atoms with Crippen LogP contribution in [0.25, 0.3) is 22.5 Å². The molecular weight excluding hydrogens is 480 g/mol. The molecule has 192 valence electrons. The van der Waals surface area contributed by atoms with Gasteiger partial charge in [0.1, 0.15) is 0 Å². The van der Waals surface area contributed by atoms with Crippen LogP contribution >= 0.6 is 0 Å². The summed E-state index contributed by atoms with van der Waals surface area (Å²) in [6, 6.07) is 25.5. The molecule has 2 N–H and O–H groups in total. The minimum atomic E-state index is -1.08. The van der Waals surface area contributed by atoms with Gasteiger partial charge in [-0.05, 0) is 40.3 Å². The first-order chi connectivity index (χ1) is 18.6. The zero-order valence-electron chi connectivity index (χ0n) is 21.0. The van der Waals surface area contributed by atoms with Crippen LogP contribution < -0.4 is 5.69 Å². The summed E-state index contributed by atoms with van der Waals surface area (Å²) in [4.78, 5) is 25.8. The van der Waals surface area contributed by atoms with E-state index in [4.69, 9.17) is 0 Å². The smallest absolute Gasteiger partial charge is 0.354 e. The lowest BCUT2D eigenvalue weighted by molar-refractivity contribution is 0.0683. The molecule has 5 aromatic rings. The highest BCUT2D eigenvalue weighted by Crippen LogP contribution is 2.30. The topological polar surface area (TPSA) is 119 Å². The number of H-pyrrole nitrogens is 1. The van der Waals surface area contributed by atoms with Crippen LogP contribution in [0.2, 0.25) is 0 Å². The number of carboxylic acid groups (broad SMARTS) is 1. The van der Waals surface area contributed by atoms with Crippen LogP contribution in [0.4, 0.5) is 0 Å². The number of imidazole rings is 1. The fraction of sp³-hybridized carbons (Fsp3) is 0.207. The molecule has 0 saturated heterocycles. The SMILES string of the molecule is CCCc1c(C(=O)O)n(CCc2ccccc2)c(=O)n1Cc1ccc(-c2ccccc2-c2nn[nH]n2)cc1. The Kier molecular flexibility index (Phi) is 7.26. The van der Waals surface area contributed by atoms with Crippen molar-refractivity contribution in [1.82, 2.24) is 29.8 Å². The molecule has 0 unspecified atom stereocenters. The van der Waals surface area contributed by atoms with Crippen molar-refractivity contribution in [3.63, 3.8) is 0 Å². The van der Waals surface area contributed by atoms with Gasteiger partial charge in [-0.25, -0.2) is 9.59 Å². The maximum absolute atomic E-state index is 13.5. The summed E-state index contributed by atoms with van der Waals surface area (Å²) < 4.78 is 3.02. The number of nitrogens with zero attached hydrogens (tertiary/aromatic N) is 5. The van der Waals surface area contributed by atoms with Gasteiger partial charge in [-0.3, -0.25) is 9.13 Å². The molecule has 2 aromatic heterocycles. The molecule has 38 heavy (non-hydrogen) atoms. The van der Waals surface area contributed by atoms with Crippen molar-refractivity contribution < 1.29 is 9.90 Å². The molecule has 0 aliphatic carbocycles. The van der Waals surface area contributed by atoms with Crippen LogP contribution in [0.1, 0.15) is 40.7 Å². The van der Waals surface area contributed by atoms with E-state index in [-0.39, 0.29) is 11.4 Å². The average molecular weight is 509 g/mol. The van der Waals surface area contributed by atoms with Gasteiger partial charge in [-0.2, -0.15) is 5.21 Å². The first-order valence-corrected chi connectivity index (χ1v) is 12.6. The van der Waals surface area contributed by atoms with Crippen LogP contribution in [0, 0.1) is 0 Å². The summed E-state index contributed by atoms with van der Waals surface area (Å²) in [6.45, 7) is 2.58. The van der Waals surface area contributed by atoms with E-state index in [2.05, 4.69) is 20.6 Å². The maximum atomic E-state index is 13.5. The lowest BCUT2D eigenvalue weighted by Crippen LogP contribution is -2.27. The van der Waals surface area contributed by atoms with E-state index >= 15 is 0 Å². The van der Waals surface area contributed by atoms with Gasteiger partial charge in [-0.1, -0.05) is 92.2 Å². The summed E-state index contributed by atoms with van der Waals surface area (Å²) in [7, 11) is 0. The molecule has 0 aliphatic rings. The van der Waals surface area contributed by atoms with E-state index in [1.54, 1.807) is 4.57 Å². The zero-order chi connectivity index (χ0) is 26.5.